The van der Waals surface area contributed by atoms with Gasteiger partial charge in [0.1, 0.15) is 0 Å². The van der Waals surface area contributed by atoms with E-state index in [4.69, 9.17) is 4.74 Å². The molecule has 84 valence electrons. The predicted molar refractivity (Wildman–Crippen MR) is 63.2 cm³/mol. The summed E-state index contributed by atoms with van der Waals surface area (Å²) >= 11 is 0. The Bertz CT molecular complexity index is 152. The van der Waals surface area contributed by atoms with Crippen molar-refractivity contribution in [3.8, 4) is 0 Å². The third-order valence-electron chi connectivity index (χ3n) is 1.88. The molecule has 0 aliphatic heterocycles. The molecule has 0 heterocycles. The van der Waals surface area contributed by atoms with Gasteiger partial charge in [-0.2, -0.15) is 0 Å². The molecule has 0 spiro atoms. The Kier molecular flexibility index (Phi) is 8.95. The SMILES string of the molecule is CCCOCCCN=C(C)CC(C)C. The van der Waals surface area contributed by atoms with Crippen LogP contribution in [0.15, 0.2) is 4.99 Å². The Morgan fingerprint density at radius 2 is 2.00 bits per heavy atom. The molecule has 0 atom stereocenters. The summed E-state index contributed by atoms with van der Waals surface area (Å²) < 4.78 is 5.38. The van der Waals surface area contributed by atoms with Gasteiger partial charge in [0.05, 0.1) is 0 Å². The lowest BCUT2D eigenvalue weighted by atomic mass is 10.1. The van der Waals surface area contributed by atoms with Crippen LogP contribution in [0.3, 0.4) is 0 Å². The zero-order chi connectivity index (χ0) is 10.8. The van der Waals surface area contributed by atoms with Crippen LogP contribution in [0, 0.1) is 5.92 Å². The van der Waals surface area contributed by atoms with Crippen LogP contribution in [0.2, 0.25) is 0 Å². The number of hydrogen-bond acceptors (Lipinski definition) is 2. The first kappa shape index (κ1) is 13.6. The molecule has 0 bridgehead atoms. The monoisotopic (exact) mass is 199 g/mol. The van der Waals surface area contributed by atoms with Crippen molar-refractivity contribution in [2.75, 3.05) is 19.8 Å². The van der Waals surface area contributed by atoms with Gasteiger partial charge in [-0.1, -0.05) is 20.8 Å². The van der Waals surface area contributed by atoms with E-state index in [1.165, 1.54) is 5.71 Å². The van der Waals surface area contributed by atoms with E-state index < -0.39 is 0 Å². The Morgan fingerprint density at radius 1 is 1.29 bits per heavy atom. The van der Waals surface area contributed by atoms with Crippen LogP contribution in [-0.2, 0) is 4.74 Å². The van der Waals surface area contributed by atoms with Gasteiger partial charge in [0.25, 0.3) is 0 Å². The average Bonchev–Trinajstić information content (AvgIpc) is 2.10. The molecule has 14 heavy (non-hydrogen) atoms. The average molecular weight is 199 g/mol. The molecule has 0 N–H and O–H groups in total. The molecular formula is C12H25NO. The molecule has 0 aromatic carbocycles. The molecule has 0 rings (SSSR count). The second kappa shape index (κ2) is 9.20. The van der Waals surface area contributed by atoms with Crippen LogP contribution in [0.5, 0.6) is 0 Å². The summed E-state index contributed by atoms with van der Waals surface area (Å²) in [7, 11) is 0. The molecule has 2 nitrogen and oxygen atoms in total. The highest BCUT2D eigenvalue weighted by Crippen LogP contribution is 2.01. The second-order valence-corrected chi connectivity index (χ2v) is 4.18. The van der Waals surface area contributed by atoms with E-state index >= 15 is 0 Å². The zero-order valence-electron chi connectivity index (χ0n) is 10.2. The largest absolute Gasteiger partial charge is 0.381 e. The Balaban J connectivity index is 3.32. The van der Waals surface area contributed by atoms with Crippen LogP contribution in [0.1, 0.15) is 47.0 Å². The highest BCUT2D eigenvalue weighted by molar-refractivity contribution is 5.81. The molecule has 0 amide bonds. The maximum Gasteiger partial charge on any atom is 0.0483 e. The number of nitrogens with zero attached hydrogens (tertiary/aromatic N) is 1. The lowest BCUT2D eigenvalue weighted by Crippen LogP contribution is -2.01. The van der Waals surface area contributed by atoms with Gasteiger partial charge in [0.2, 0.25) is 0 Å². The van der Waals surface area contributed by atoms with Gasteiger partial charge in [0.15, 0.2) is 0 Å². The summed E-state index contributed by atoms with van der Waals surface area (Å²) in [5, 5.41) is 0. The highest BCUT2D eigenvalue weighted by Gasteiger charge is 1.96. The zero-order valence-corrected chi connectivity index (χ0v) is 10.2. The van der Waals surface area contributed by atoms with Crippen molar-refractivity contribution in [2.24, 2.45) is 10.9 Å². The third kappa shape index (κ3) is 9.72. The quantitative estimate of drug-likeness (QED) is 0.434. The second-order valence-electron chi connectivity index (χ2n) is 4.18. The predicted octanol–water partition coefficient (Wildman–Crippen LogP) is 3.31. The molecule has 0 aliphatic rings. The van der Waals surface area contributed by atoms with Crippen molar-refractivity contribution in [1.29, 1.82) is 0 Å². The smallest absolute Gasteiger partial charge is 0.0483 e. The molecule has 0 unspecified atom stereocenters. The summed E-state index contributed by atoms with van der Waals surface area (Å²) in [6.07, 6.45) is 3.28. The minimum Gasteiger partial charge on any atom is -0.381 e. The van der Waals surface area contributed by atoms with Crippen molar-refractivity contribution in [1.82, 2.24) is 0 Å². The first-order valence-electron chi connectivity index (χ1n) is 5.74. The summed E-state index contributed by atoms with van der Waals surface area (Å²) in [5.74, 6) is 0.718. The Hall–Kier alpha value is -0.370. The summed E-state index contributed by atoms with van der Waals surface area (Å²) in [6.45, 7) is 11.4. The number of rotatable bonds is 8. The third-order valence-corrected chi connectivity index (χ3v) is 1.88. The van der Waals surface area contributed by atoms with E-state index in [1.807, 2.05) is 0 Å². The lowest BCUT2D eigenvalue weighted by Gasteiger charge is -2.04. The number of ether oxygens (including phenoxy) is 1. The van der Waals surface area contributed by atoms with E-state index in [9.17, 15) is 0 Å². The highest BCUT2D eigenvalue weighted by atomic mass is 16.5. The van der Waals surface area contributed by atoms with E-state index in [-0.39, 0.29) is 0 Å². The first-order chi connectivity index (χ1) is 6.66. The maximum absolute atomic E-state index is 5.38. The minimum absolute atomic E-state index is 0.718. The van der Waals surface area contributed by atoms with Crippen LogP contribution < -0.4 is 0 Å². The Morgan fingerprint density at radius 3 is 2.57 bits per heavy atom. The van der Waals surface area contributed by atoms with Gasteiger partial charge < -0.3 is 4.74 Å². The number of aliphatic imine (C=N–C) groups is 1. The van der Waals surface area contributed by atoms with Crippen LogP contribution >= 0.6 is 0 Å². The topological polar surface area (TPSA) is 21.6 Å². The fourth-order valence-electron chi connectivity index (χ4n) is 1.34. The van der Waals surface area contributed by atoms with Gasteiger partial charge in [-0.25, -0.2) is 0 Å². The fourth-order valence-corrected chi connectivity index (χ4v) is 1.34. The maximum atomic E-state index is 5.38. The van der Waals surface area contributed by atoms with Crippen molar-refractivity contribution in [2.45, 2.75) is 47.0 Å². The van der Waals surface area contributed by atoms with Gasteiger partial charge in [-0.15, -0.1) is 0 Å². The standard InChI is InChI=1S/C12H25NO/c1-5-8-14-9-6-7-13-12(4)10-11(2)3/h11H,5-10H2,1-4H3. The summed E-state index contributed by atoms with van der Waals surface area (Å²) in [6, 6.07) is 0. The van der Waals surface area contributed by atoms with Gasteiger partial charge >= 0.3 is 0 Å². The van der Waals surface area contributed by atoms with Gasteiger partial charge in [0, 0.05) is 25.5 Å². The summed E-state index contributed by atoms with van der Waals surface area (Å²) in [5.41, 5.74) is 1.27. The van der Waals surface area contributed by atoms with E-state index in [0.29, 0.717) is 0 Å². The molecule has 2 heteroatoms. The van der Waals surface area contributed by atoms with E-state index in [2.05, 4.69) is 32.7 Å². The summed E-state index contributed by atoms with van der Waals surface area (Å²) in [4.78, 5) is 4.50. The van der Waals surface area contributed by atoms with Crippen molar-refractivity contribution >= 4 is 5.71 Å². The van der Waals surface area contributed by atoms with Crippen LogP contribution in [0.25, 0.3) is 0 Å². The molecule has 0 radical (unpaired) electrons. The Labute approximate surface area is 88.8 Å². The van der Waals surface area contributed by atoms with Crippen molar-refractivity contribution in [3.05, 3.63) is 0 Å². The minimum atomic E-state index is 0.718. The molecule has 0 aliphatic carbocycles. The van der Waals surface area contributed by atoms with Gasteiger partial charge in [-0.3, -0.25) is 4.99 Å². The lowest BCUT2D eigenvalue weighted by molar-refractivity contribution is 0.134. The first-order valence-corrected chi connectivity index (χ1v) is 5.74. The molecule has 0 aromatic heterocycles. The molecular weight excluding hydrogens is 174 g/mol. The van der Waals surface area contributed by atoms with Gasteiger partial charge in [-0.05, 0) is 32.1 Å². The molecule has 0 fully saturated rings. The van der Waals surface area contributed by atoms with Crippen LogP contribution in [-0.4, -0.2) is 25.5 Å². The van der Waals surface area contributed by atoms with Crippen molar-refractivity contribution in [3.63, 3.8) is 0 Å². The fraction of sp³-hybridized carbons (Fsp3) is 0.917. The van der Waals surface area contributed by atoms with Crippen LogP contribution in [0.4, 0.5) is 0 Å². The molecule has 0 saturated carbocycles. The van der Waals surface area contributed by atoms with E-state index in [1.54, 1.807) is 0 Å². The van der Waals surface area contributed by atoms with E-state index in [0.717, 1.165) is 44.9 Å². The number of hydrogen-bond donors (Lipinski definition) is 0. The molecule has 0 saturated heterocycles. The normalized spacial score (nSPS) is 12.5. The van der Waals surface area contributed by atoms with Crippen molar-refractivity contribution < 1.29 is 4.74 Å². The molecule has 0 aromatic rings.